The van der Waals surface area contributed by atoms with E-state index in [2.05, 4.69) is 210 Å². The van der Waals surface area contributed by atoms with Crippen molar-refractivity contribution in [3.63, 3.8) is 0 Å². The molecule has 5 heterocycles. The Hall–Kier alpha value is -4.39. The lowest BCUT2D eigenvalue weighted by Crippen LogP contribution is -2.59. The first-order valence-electron chi connectivity index (χ1n) is 20.3. The molecule has 0 aliphatic carbocycles. The van der Waals surface area contributed by atoms with Crippen molar-refractivity contribution in [3.05, 3.63) is 158 Å². The molecule has 0 radical (unpaired) electrons. The van der Waals surface area contributed by atoms with E-state index in [1.165, 1.54) is 80.6 Å². The van der Waals surface area contributed by atoms with Crippen molar-refractivity contribution in [2.24, 2.45) is 0 Å². The molecule has 0 amide bonds. The molecule has 58 heavy (non-hydrogen) atoms. The third-order valence-electron chi connectivity index (χ3n) is 12.4. The first kappa shape index (κ1) is 39.1. The lowest BCUT2D eigenvalue weighted by molar-refractivity contribution is 0.630. The molecule has 8 aromatic rings. The highest BCUT2D eigenvalue weighted by Crippen LogP contribution is 2.35. The van der Waals surface area contributed by atoms with Gasteiger partial charge in [0.05, 0.1) is 21.5 Å². The SMILES string of the molecule is C[Si]1(C)c2ccc(o2)[Si](C)(C)c2pc(c(-c3ccccc3)cc2-c2ccccc2)[Si](C)(C)c2ccc(o2)[Si](C)(C)c2pc1c(-c1ccccc1)cc2-c1ccccc1. The number of hydrogen-bond acceptors (Lipinski definition) is 2. The molecule has 2 nitrogen and oxygen atoms in total. The summed E-state index contributed by atoms with van der Waals surface area (Å²) in [4.78, 5) is 6.03. The Morgan fingerprint density at radius 2 is 0.500 bits per heavy atom. The van der Waals surface area contributed by atoms with Gasteiger partial charge in [-0.1, -0.05) is 190 Å². The molecule has 1 aliphatic heterocycles. The van der Waals surface area contributed by atoms with Gasteiger partial charge in [0.2, 0.25) is 0 Å². The number of benzene rings is 4. The van der Waals surface area contributed by atoms with Gasteiger partial charge in [-0.05, 0) is 101 Å². The summed E-state index contributed by atoms with van der Waals surface area (Å²) in [6.07, 6.45) is 0. The Morgan fingerprint density at radius 1 is 0.293 bits per heavy atom. The maximum atomic E-state index is 7.41. The fraction of sp³-hybridized carbons (Fsp3) is 0.160. The van der Waals surface area contributed by atoms with Crippen molar-refractivity contribution in [1.29, 1.82) is 0 Å². The Labute approximate surface area is 351 Å². The number of hydrogen-bond donors (Lipinski definition) is 0. The molecule has 4 aromatic carbocycles. The van der Waals surface area contributed by atoms with Crippen LogP contribution in [-0.2, 0) is 0 Å². The highest BCUT2D eigenvalue weighted by molar-refractivity contribution is 7.52. The van der Waals surface area contributed by atoms with Crippen molar-refractivity contribution in [1.82, 2.24) is 0 Å². The molecule has 0 atom stereocenters. The maximum Gasteiger partial charge on any atom is 0.163 e. The largest absolute Gasteiger partial charge is 0.475 e. The van der Waals surface area contributed by atoms with Crippen molar-refractivity contribution >= 4 is 89.9 Å². The van der Waals surface area contributed by atoms with E-state index >= 15 is 0 Å². The van der Waals surface area contributed by atoms with Gasteiger partial charge in [-0.15, -0.1) is 0 Å². The Balaban J connectivity index is 1.39. The average molecular weight is 857 g/mol. The average Bonchev–Trinajstić information content (AvgIpc) is 3.97. The minimum absolute atomic E-state index is 1.16. The third kappa shape index (κ3) is 6.59. The second kappa shape index (κ2) is 14.7. The van der Waals surface area contributed by atoms with Crippen LogP contribution >= 0.6 is 16.4 Å². The van der Waals surface area contributed by atoms with E-state index in [4.69, 9.17) is 8.83 Å². The van der Waals surface area contributed by atoms with Gasteiger partial charge in [-0.2, -0.15) is 0 Å². The van der Waals surface area contributed by atoms with Gasteiger partial charge < -0.3 is 8.83 Å². The van der Waals surface area contributed by atoms with Crippen LogP contribution in [0.5, 0.6) is 0 Å². The predicted octanol–water partition coefficient (Wildman–Crippen LogP) is 10.3. The monoisotopic (exact) mass is 856 g/mol. The molecule has 8 heteroatoms. The minimum Gasteiger partial charge on any atom is -0.475 e. The third-order valence-corrected chi connectivity index (χ3v) is 34.2. The standard InChI is InChI=1S/C50H50O2P2Si4/c1-55(2)43-29-30-44(51-43)56(3,4)49-41(37-25-17-11-18-26-37)34-42(38-27-19-12-20-28-38)50(54-49)58(7,8)46-32-31-45(52-46)57(5,6)48-40(36-23-15-10-16-24-36)33-39(47(55)53-48)35-21-13-9-14-22-35/h9-34H,1-8H3. The summed E-state index contributed by atoms with van der Waals surface area (Å²) in [5, 5.41) is 4.65. The normalized spacial score (nSPS) is 16.1. The summed E-state index contributed by atoms with van der Waals surface area (Å²) in [5.74, 6) is 0. The summed E-state index contributed by atoms with van der Waals surface area (Å²) >= 11 is 0. The zero-order valence-corrected chi connectivity index (χ0v) is 40.5. The Morgan fingerprint density at radius 3 is 0.707 bits per heavy atom. The summed E-state index contributed by atoms with van der Waals surface area (Å²) in [5.41, 5.74) is 10.4. The molecular weight excluding hydrogens is 807 g/mol. The predicted molar refractivity (Wildman–Crippen MR) is 264 cm³/mol. The minimum atomic E-state index is -2.41. The van der Waals surface area contributed by atoms with Crippen LogP contribution < -0.4 is 41.2 Å². The van der Waals surface area contributed by atoms with Gasteiger partial charge in [0.1, 0.15) is 0 Å². The highest BCUT2D eigenvalue weighted by Gasteiger charge is 2.43. The molecule has 0 spiro atoms. The van der Waals surface area contributed by atoms with E-state index in [9.17, 15) is 0 Å². The van der Waals surface area contributed by atoms with Gasteiger partial charge in [0, 0.05) is 0 Å². The van der Waals surface area contributed by atoms with Crippen LogP contribution in [0, 0.1) is 0 Å². The lowest BCUT2D eigenvalue weighted by atomic mass is 10.0. The Bertz CT molecular complexity index is 2400. The van der Waals surface area contributed by atoms with E-state index in [0.717, 1.165) is 21.5 Å². The van der Waals surface area contributed by atoms with Crippen LogP contribution in [0.2, 0.25) is 52.4 Å². The second-order valence-corrected chi connectivity index (χ2v) is 38.7. The van der Waals surface area contributed by atoms with Crippen molar-refractivity contribution in [3.8, 4) is 44.5 Å². The number of fused-ring (bicyclic) bond motifs is 8. The fourth-order valence-electron chi connectivity index (χ4n) is 8.77. The van der Waals surface area contributed by atoms with Gasteiger partial charge in [0.25, 0.3) is 0 Å². The van der Waals surface area contributed by atoms with E-state index < -0.39 is 32.3 Å². The van der Waals surface area contributed by atoms with Gasteiger partial charge in [0.15, 0.2) is 32.3 Å². The van der Waals surface area contributed by atoms with Crippen LogP contribution in [0.25, 0.3) is 44.5 Å². The molecular formula is C50H50O2P2Si4. The Kier molecular flexibility index (Phi) is 9.91. The van der Waals surface area contributed by atoms with E-state index in [1.807, 2.05) is 0 Å². The first-order chi connectivity index (χ1) is 27.8. The van der Waals surface area contributed by atoms with E-state index in [1.54, 1.807) is 0 Å². The zero-order chi connectivity index (χ0) is 40.5. The van der Waals surface area contributed by atoms with E-state index in [-0.39, 0.29) is 0 Å². The van der Waals surface area contributed by atoms with Crippen molar-refractivity contribution in [2.45, 2.75) is 52.4 Å². The molecule has 0 saturated heterocycles. The first-order valence-corrected chi connectivity index (χ1v) is 34.1. The van der Waals surface area contributed by atoms with Crippen LogP contribution in [0.1, 0.15) is 0 Å². The van der Waals surface area contributed by atoms with Gasteiger partial charge >= 0.3 is 0 Å². The number of rotatable bonds is 4. The summed E-state index contributed by atoms with van der Waals surface area (Å²) in [6, 6.07) is 58.7. The number of furan rings is 2. The van der Waals surface area contributed by atoms with Gasteiger partial charge in [-0.25, -0.2) is 0 Å². The lowest BCUT2D eigenvalue weighted by Gasteiger charge is -2.32. The maximum absolute atomic E-state index is 7.41. The van der Waals surface area contributed by atoms with E-state index in [0.29, 0.717) is 0 Å². The summed E-state index contributed by atoms with van der Waals surface area (Å²) in [7, 11) is -7.06. The molecule has 0 fully saturated rings. The molecule has 0 N–H and O–H groups in total. The molecule has 1 aliphatic rings. The van der Waals surface area contributed by atoms with Crippen LogP contribution in [0.15, 0.2) is 167 Å². The molecule has 0 saturated carbocycles. The molecule has 4 aromatic heterocycles. The fourth-order valence-corrected chi connectivity index (χ4v) is 26.4. The molecule has 0 unspecified atom stereocenters. The zero-order valence-electron chi connectivity index (χ0n) is 34.7. The van der Waals surface area contributed by atoms with Crippen LogP contribution in [0.3, 0.4) is 0 Å². The summed E-state index contributed by atoms with van der Waals surface area (Å²) in [6.45, 7) is 20.1. The summed E-state index contributed by atoms with van der Waals surface area (Å²) < 4.78 is 14.8. The molecule has 9 rings (SSSR count). The van der Waals surface area contributed by atoms with Crippen molar-refractivity contribution < 1.29 is 8.83 Å². The molecule has 8 bridgehead atoms. The van der Waals surface area contributed by atoms with Gasteiger partial charge in [-0.3, -0.25) is 0 Å². The smallest absolute Gasteiger partial charge is 0.163 e. The molecule has 288 valence electrons. The van der Waals surface area contributed by atoms with Crippen LogP contribution in [0.4, 0.5) is 0 Å². The highest BCUT2D eigenvalue weighted by atomic mass is 31.0. The van der Waals surface area contributed by atoms with Crippen LogP contribution in [-0.4, -0.2) is 32.3 Å². The second-order valence-electron chi connectivity index (χ2n) is 17.9. The van der Waals surface area contributed by atoms with Crippen molar-refractivity contribution in [2.75, 3.05) is 0 Å². The topological polar surface area (TPSA) is 26.3 Å². The quantitative estimate of drug-likeness (QED) is 0.165.